The van der Waals surface area contributed by atoms with Crippen LogP contribution in [-0.2, 0) is 23.7 Å². The third-order valence-electron chi connectivity index (χ3n) is 11.9. The first-order valence-electron chi connectivity index (χ1n) is 25.4. The van der Waals surface area contributed by atoms with Crippen LogP contribution in [0.25, 0.3) is 0 Å². The molecule has 60 heavy (non-hydrogen) atoms. The average Bonchev–Trinajstić information content (AvgIpc) is 3.25. The molecule has 9 nitrogen and oxygen atoms in total. The van der Waals surface area contributed by atoms with Crippen LogP contribution in [0.5, 0.6) is 0 Å². The smallest absolute Gasteiger partial charge is 0.306 e. The first kappa shape index (κ1) is 56.7. The Hall–Kier alpha value is -1.33. The number of carbonyl (C=O) groups excluding carboxylic acids is 1. The van der Waals surface area contributed by atoms with Gasteiger partial charge in [0.05, 0.1) is 19.8 Å². The van der Waals surface area contributed by atoms with Gasteiger partial charge in [-0.15, -0.1) is 0 Å². The van der Waals surface area contributed by atoms with Crippen molar-refractivity contribution in [3.63, 3.8) is 0 Å². The second kappa shape index (κ2) is 42.9. The Morgan fingerprint density at radius 1 is 0.533 bits per heavy atom. The largest absolute Gasteiger partial charge is 0.457 e. The van der Waals surface area contributed by atoms with Gasteiger partial charge in [0.1, 0.15) is 30.5 Å². The zero-order valence-electron chi connectivity index (χ0n) is 39.0. The molecule has 1 saturated heterocycles. The summed E-state index contributed by atoms with van der Waals surface area (Å²) in [5.41, 5.74) is 0. The van der Waals surface area contributed by atoms with Gasteiger partial charge in [-0.05, 0) is 44.9 Å². The Morgan fingerprint density at radius 2 is 0.967 bits per heavy atom. The maximum Gasteiger partial charge on any atom is 0.306 e. The van der Waals surface area contributed by atoms with Crippen molar-refractivity contribution in [1.82, 2.24) is 0 Å². The number of allylic oxidation sites excluding steroid dienone is 4. The normalized spacial score (nSPS) is 20.1. The number of hydrogen-bond donors (Lipinski definition) is 4. The van der Waals surface area contributed by atoms with Crippen molar-refractivity contribution < 1.29 is 44.2 Å². The van der Waals surface area contributed by atoms with E-state index in [0.717, 1.165) is 38.5 Å². The summed E-state index contributed by atoms with van der Waals surface area (Å²) in [6.45, 7) is 4.59. The molecular formula is C51H96O9. The van der Waals surface area contributed by atoms with Crippen molar-refractivity contribution in [2.24, 2.45) is 0 Å². The van der Waals surface area contributed by atoms with E-state index in [1.54, 1.807) is 0 Å². The van der Waals surface area contributed by atoms with Gasteiger partial charge in [-0.2, -0.15) is 0 Å². The molecule has 0 bridgehead atoms. The van der Waals surface area contributed by atoms with Gasteiger partial charge in [-0.3, -0.25) is 4.79 Å². The third-order valence-corrected chi connectivity index (χ3v) is 11.9. The van der Waals surface area contributed by atoms with Gasteiger partial charge in [0.2, 0.25) is 0 Å². The Balaban J connectivity index is 2.20. The molecule has 0 aromatic rings. The molecule has 9 heteroatoms. The van der Waals surface area contributed by atoms with Gasteiger partial charge in [0.15, 0.2) is 6.29 Å². The molecule has 354 valence electrons. The van der Waals surface area contributed by atoms with Gasteiger partial charge in [0.25, 0.3) is 0 Å². The molecule has 1 aliphatic rings. The van der Waals surface area contributed by atoms with E-state index >= 15 is 0 Å². The molecule has 0 aromatic heterocycles. The molecule has 1 fully saturated rings. The molecule has 0 aliphatic carbocycles. The summed E-state index contributed by atoms with van der Waals surface area (Å²) in [7, 11) is 0. The van der Waals surface area contributed by atoms with Crippen LogP contribution in [0.1, 0.15) is 232 Å². The fourth-order valence-corrected chi connectivity index (χ4v) is 7.88. The fraction of sp³-hybridized carbons (Fsp3) is 0.902. The van der Waals surface area contributed by atoms with Crippen LogP contribution in [0.2, 0.25) is 0 Å². The van der Waals surface area contributed by atoms with Crippen LogP contribution in [0, 0.1) is 0 Å². The zero-order chi connectivity index (χ0) is 43.6. The first-order chi connectivity index (χ1) is 29.4. The minimum absolute atomic E-state index is 0.111. The second-order valence-corrected chi connectivity index (χ2v) is 17.6. The SMILES string of the molecule is CCCCCCC/C=C\C/C=C\CCCCCCCCCCCC(=O)OC(COCCCCCCCCCCCCCCCCCC)COC1OC(CO)C(O)C(O)C1O. The predicted octanol–water partition coefficient (Wildman–Crippen LogP) is 12.1. The minimum Gasteiger partial charge on any atom is -0.457 e. The van der Waals surface area contributed by atoms with E-state index in [9.17, 15) is 25.2 Å². The number of aliphatic hydroxyl groups is 4. The molecular weight excluding hydrogens is 757 g/mol. The molecule has 1 heterocycles. The summed E-state index contributed by atoms with van der Waals surface area (Å²) < 4.78 is 22.9. The van der Waals surface area contributed by atoms with E-state index in [4.69, 9.17) is 18.9 Å². The summed E-state index contributed by atoms with van der Waals surface area (Å²) in [5.74, 6) is -0.314. The Morgan fingerprint density at radius 3 is 1.43 bits per heavy atom. The molecule has 4 N–H and O–H groups in total. The van der Waals surface area contributed by atoms with Crippen LogP contribution < -0.4 is 0 Å². The van der Waals surface area contributed by atoms with Crippen molar-refractivity contribution in [2.75, 3.05) is 26.4 Å². The van der Waals surface area contributed by atoms with Gasteiger partial charge >= 0.3 is 5.97 Å². The summed E-state index contributed by atoms with van der Waals surface area (Å²) in [5, 5.41) is 40.2. The van der Waals surface area contributed by atoms with Gasteiger partial charge in [-0.25, -0.2) is 0 Å². The van der Waals surface area contributed by atoms with E-state index in [1.165, 1.54) is 173 Å². The second-order valence-electron chi connectivity index (χ2n) is 17.6. The first-order valence-corrected chi connectivity index (χ1v) is 25.4. The number of aliphatic hydroxyl groups excluding tert-OH is 4. The highest BCUT2D eigenvalue weighted by Gasteiger charge is 2.44. The Labute approximate surface area is 368 Å². The number of rotatable bonds is 44. The van der Waals surface area contributed by atoms with Crippen molar-refractivity contribution >= 4 is 5.97 Å². The number of ether oxygens (including phenoxy) is 4. The summed E-state index contributed by atoms with van der Waals surface area (Å²) in [4.78, 5) is 12.8. The molecule has 0 aromatic carbocycles. The van der Waals surface area contributed by atoms with Crippen molar-refractivity contribution in [1.29, 1.82) is 0 Å². The zero-order valence-corrected chi connectivity index (χ0v) is 39.0. The predicted molar refractivity (Wildman–Crippen MR) is 247 cm³/mol. The van der Waals surface area contributed by atoms with Crippen LogP contribution >= 0.6 is 0 Å². The van der Waals surface area contributed by atoms with E-state index in [0.29, 0.717) is 13.0 Å². The van der Waals surface area contributed by atoms with Crippen molar-refractivity contribution in [3.8, 4) is 0 Å². The lowest BCUT2D eigenvalue weighted by atomic mass is 9.99. The molecule has 0 saturated carbocycles. The maximum absolute atomic E-state index is 12.8. The topological polar surface area (TPSA) is 135 Å². The summed E-state index contributed by atoms with van der Waals surface area (Å²) in [6.07, 6.45) is 43.5. The van der Waals surface area contributed by atoms with Crippen LogP contribution in [0.15, 0.2) is 24.3 Å². The van der Waals surface area contributed by atoms with Gasteiger partial charge in [0, 0.05) is 13.0 Å². The van der Waals surface area contributed by atoms with Crippen molar-refractivity contribution in [2.45, 2.75) is 269 Å². The van der Waals surface area contributed by atoms with Crippen LogP contribution in [0.3, 0.4) is 0 Å². The molecule has 0 amide bonds. The quantitative estimate of drug-likeness (QED) is 0.0268. The lowest BCUT2D eigenvalue weighted by molar-refractivity contribution is -0.305. The minimum atomic E-state index is -1.53. The lowest BCUT2D eigenvalue weighted by Crippen LogP contribution is -2.59. The van der Waals surface area contributed by atoms with Gasteiger partial charge in [-0.1, -0.05) is 205 Å². The van der Waals surface area contributed by atoms with E-state index in [2.05, 4.69) is 38.2 Å². The molecule has 0 spiro atoms. The lowest BCUT2D eigenvalue weighted by Gasteiger charge is -2.39. The highest BCUT2D eigenvalue weighted by atomic mass is 16.7. The monoisotopic (exact) mass is 853 g/mol. The maximum atomic E-state index is 12.8. The number of unbranched alkanes of at least 4 members (excludes halogenated alkanes) is 29. The standard InChI is InChI=1S/C51H96O9/c1-3-5-7-9-11-13-15-17-19-21-22-23-24-25-26-28-30-32-34-36-38-40-47(53)59-45(44-58-51-50(56)49(55)48(54)46(42-52)60-51)43-57-41-39-37-35-33-31-29-27-20-18-16-14-12-10-8-6-4-2/h15,17,21-22,45-46,48-52,54-56H,3-14,16,18-20,23-44H2,1-2H3/b17-15-,22-21-. The van der Waals surface area contributed by atoms with Crippen molar-refractivity contribution in [3.05, 3.63) is 24.3 Å². The summed E-state index contributed by atoms with van der Waals surface area (Å²) in [6, 6.07) is 0. The molecule has 1 aliphatic heterocycles. The van der Waals surface area contributed by atoms with E-state index in [-0.39, 0.29) is 19.2 Å². The number of hydrogen-bond acceptors (Lipinski definition) is 9. The highest BCUT2D eigenvalue weighted by Crippen LogP contribution is 2.23. The van der Waals surface area contributed by atoms with Gasteiger partial charge < -0.3 is 39.4 Å². The summed E-state index contributed by atoms with van der Waals surface area (Å²) >= 11 is 0. The fourth-order valence-electron chi connectivity index (χ4n) is 7.88. The molecule has 0 radical (unpaired) electrons. The molecule has 6 unspecified atom stereocenters. The molecule has 1 rings (SSSR count). The molecule has 6 atom stereocenters. The Bertz CT molecular complexity index is 972. The van der Waals surface area contributed by atoms with E-state index in [1.807, 2.05) is 0 Å². The number of carbonyl (C=O) groups is 1. The third kappa shape index (κ3) is 33.3. The number of esters is 1. The highest BCUT2D eigenvalue weighted by molar-refractivity contribution is 5.69. The van der Waals surface area contributed by atoms with Crippen LogP contribution in [-0.4, -0.2) is 89.6 Å². The van der Waals surface area contributed by atoms with Crippen LogP contribution in [0.4, 0.5) is 0 Å². The Kier molecular flexibility index (Phi) is 40.6. The van der Waals surface area contributed by atoms with E-state index < -0.39 is 43.4 Å². The average molecular weight is 853 g/mol.